The fraction of sp³-hybridized carbons (Fsp3) is 0.364. The molecule has 12 nitrogen and oxygen atoms in total. The van der Waals surface area contributed by atoms with Crippen molar-refractivity contribution in [2.24, 2.45) is 0 Å². The Bertz CT molecular complexity index is 1780. The third-order valence-corrected chi connectivity index (χ3v) is 8.21. The number of amides is 1. The zero-order valence-electron chi connectivity index (χ0n) is 25.5. The zero-order valence-corrected chi connectivity index (χ0v) is 25.5. The molecule has 1 saturated heterocycles. The van der Waals surface area contributed by atoms with Gasteiger partial charge in [0.2, 0.25) is 0 Å². The average Bonchev–Trinajstić information content (AvgIpc) is 3.63. The number of aromatic nitrogens is 5. The van der Waals surface area contributed by atoms with Crippen LogP contribution in [0.3, 0.4) is 0 Å². The predicted molar refractivity (Wildman–Crippen MR) is 174 cm³/mol. The molecule has 2 aromatic carbocycles. The van der Waals surface area contributed by atoms with Crippen molar-refractivity contribution in [3.8, 4) is 6.07 Å². The molecule has 232 valence electrons. The van der Waals surface area contributed by atoms with E-state index in [1.165, 1.54) is 11.9 Å². The normalized spacial score (nSPS) is 14.0. The highest BCUT2D eigenvalue weighted by Gasteiger charge is 2.19. The molecule has 0 saturated carbocycles. The SMILES string of the molecule is CCc1c(NC(=O)OCCCN2CCN(CCC#N)CC2)cn2ncnc(Nc3ccc4c(cnn4Cc4ccccc4)c3)c12. The number of hydrogen-bond donors (Lipinski definition) is 2. The van der Waals surface area contributed by atoms with Crippen molar-refractivity contribution in [1.82, 2.24) is 34.2 Å². The molecule has 0 aliphatic carbocycles. The van der Waals surface area contributed by atoms with Gasteiger partial charge in [-0.15, -0.1) is 0 Å². The van der Waals surface area contributed by atoms with Gasteiger partial charge < -0.3 is 15.0 Å². The Hall–Kier alpha value is -4.99. The first-order valence-corrected chi connectivity index (χ1v) is 15.5. The summed E-state index contributed by atoms with van der Waals surface area (Å²) in [6.45, 7) is 8.67. The number of carbonyl (C=O) groups excluding carboxylic acids is 1. The molecular weight excluding hydrogens is 568 g/mol. The van der Waals surface area contributed by atoms with Crippen molar-refractivity contribution in [1.29, 1.82) is 5.26 Å². The summed E-state index contributed by atoms with van der Waals surface area (Å²) in [5.74, 6) is 0.645. The first kappa shape index (κ1) is 30.1. The molecule has 1 aliphatic rings. The molecular formula is C33H38N10O2. The molecule has 0 atom stereocenters. The van der Waals surface area contributed by atoms with E-state index in [-0.39, 0.29) is 0 Å². The number of benzene rings is 2. The lowest BCUT2D eigenvalue weighted by atomic mass is 10.2. The number of nitrogens with one attached hydrogen (secondary N) is 2. The summed E-state index contributed by atoms with van der Waals surface area (Å²) in [6.07, 6.45) is 6.69. The molecule has 0 spiro atoms. The van der Waals surface area contributed by atoms with Gasteiger partial charge in [0.25, 0.3) is 0 Å². The number of anilines is 3. The molecule has 0 bridgehead atoms. The number of hydrogen-bond acceptors (Lipinski definition) is 9. The molecule has 2 N–H and O–H groups in total. The molecule has 0 unspecified atom stereocenters. The van der Waals surface area contributed by atoms with Crippen molar-refractivity contribution >= 4 is 39.7 Å². The summed E-state index contributed by atoms with van der Waals surface area (Å²) >= 11 is 0. The van der Waals surface area contributed by atoms with Crippen molar-refractivity contribution in [2.75, 3.05) is 56.5 Å². The van der Waals surface area contributed by atoms with Crippen LogP contribution >= 0.6 is 0 Å². The largest absolute Gasteiger partial charge is 0.449 e. The van der Waals surface area contributed by atoms with Gasteiger partial charge in [0, 0.05) is 62.3 Å². The van der Waals surface area contributed by atoms with Crippen molar-refractivity contribution in [2.45, 2.75) is 32.7 Å². The van der Waals surface area contributed by atoms with E-state index in [4.69, 9.17) is 10.00 Å². The highest BCUT2D eigenvalue weighted by molar-refractivity contribution is 5.91. The lowest BCUT2D eigenvalue weighted by molar-refractivity contribution is 0.119. The van der Waals surface area contributed by atoms with Crippen LogP contribution < -0.4 is 10.6 Å². The summed E-state index contributed by atoms with van der Waals surface area (Å²) < 4.78 is 9.25. The maximum Gasteiger partial charge on any atom is 0.411 e. The summed E-state index contributed by atoms with van der Waals surface area (Å²) in [4.78, 5) is 22.0. The summed E-state index contributed by atoms with van der Waals surface area (Å²) in [5.41, 5.74) is 5.49. The van der Waals surface area contributed by atoms with Crippen LogP contribution in [0, 0.1) is 11.3 Å². The van der Waals surface area contributed by atoms with Gasteiger partial charge in [-0.2, -0.15) is 15.5 Å². The lowest BCUT2D eigenvalue weighted by Gasteiger charge is -2.34. The van der Waals surface area contributed by atoms with Crippen LogP contribution in [0.4, 0.5) is 22.0 Å². The Morgan fingerprint density at radius 1 is 1.04 bits per heavy atom. The van der Waals surface area contributed by atoms with E-state index < -0.39 is 6.09 Å². The van der Waals surface area contributed by atoms with Gasteiger partial charge in [0.15, 0.2) is 5.82 Å². The molecule has 5 aromatic rings. The summed E-state index contributed by atoms with van der Waals surface area (Å²) in [5, 5.41) is 25.2. The van der Waals surface area contributed by atoms with Gasteiger partial charge >= 0.3 is 6.09 Å². The van der Waals surface area contributed by atoms with E-state index in [0.29, 0.717) is 37.5 Å². The second-order valence-corrected chi connectivity index (χ2v) is 11.2. The number of aryl methyl sites for hydroxylation is 1. The van der Waals surface area contributed by atoms with Crippen LogP contribution in [0.25, 0.3) is 16.4 Å². The van der Waals surface area contributed by atoms with Crippen LogP contribution in [0.15, 0.2) is 67.3 Å². The lowest BCUT2D eigenvalue weighted by Crippen LogP contribution is -2.46. The van der Waals surface area contributed by atoms with Gasteiger partial charge in [-0.3, -0.25) is 14.9 Å². The fourth-order valence-electron chi connectivity index (χ4n) is 5.86. The van der Waals surface area contributed by atoms with Crippen molar-refractivity contribution in [3.63, 3.8) is 0 Å². The maximum absolute atomic E-state index is 12.7. The van der Waals surface area contributed by atoms with Gasteiger partial charge in [0.1, 0.15) is 11.8 Å². The molecule has 1 aliphatic heterocycles. The predicted octanol–water partition coefficient (Wildman–Crippen LogP) is 4.90. The maximum atomic E-state index is 12.7. The van der Waals surface area contributed by atoms with E-state index in [9.17, 15) is 4.79 Å². The highest BCUT2D eigenvalue weighted by Crippen LogP contribution is 2.30. The van der Waals surface area contributed by atoms with E-state index >= 15 is 0 Å². The molecule has 4 heterocycles. The molecule has 0 radical (unpaired) electrons. The van der Waals surface area contributed by atoms with Gasteiger partial charge in [-0.1, -0.05) is 37.3 Å². The Morgan fingerprint density at radius 3 is 2.62 bits per heavy atom. The van der Waals surface area contributed by atoms with E-state index in [2.05, 4.69) is 65.9 Å². The molecule has 6 rings (SSSR count). The minimum Gasteiger partial charge on any atom is -0.449 e. The standard InChI is InChI=1S/C33H38N10O2/c1-2-28-29(39-33(44)45-19-7-14-41-17-15-40(16-18-41)13-6-12-34)23-43-31(28)32(35-24-37-43)38-27-10-11-30-26(20-27)21-36-42(30)22-25-8-4-3-5-9-25/h3-5,8-11,20-21,23-24H,2,6-7,13-19,22H2,1H3,(H,39,44)(H,35,37,38). The number of rotatable bonds is 12. The number of fused-ring (bicyclic) bond motifs is 2. The topological polar surface area (TPSA) is 129 Å². The number of piperazine rings is 1. The van der Waals surface area contributed by atoms with Crippen LogP contribution in [-0.4, -0.2) is 86.1 Å². The van der Waals surface area contributed by atoms with Crippen LogP contribution in [0.5, 0.6) is 0 Å². The van der Waals surface area contributed by atoms with Gasteiger partial charge in [0.05, 0.1) is 42.8 Å². The third-order valence-electron chi connectivity index (χ3n) is 8.21. The first-order chi connectivity index (χ1) is 22.1. The number of nitrogens with zero attached hydrogens (tertiary/aromatic N) is 8. The smallest absolute Gasteiger partial charge is 0.411 e. The first-order valence-electron chi connectivity index (χ1n) is 15.5. The molecule has 45 heavy (non-hydrogen) atoms. The average molecular weight is 607 g/mol. The Kier molecular flexibility index (Phi) is 9.48. The molecule has 12 heteroatoms. The third kappa shape index (κ3) is 7.22. The summed E-state index contributed by atoms with van der Waals surface area (Å²) in [6, 6.07) is 18.6. The Labute approximate surface area is 262 Å². The van der Waals surface area contributed by atoms with Crippen molar-refractivity contribution in [3.05, 3.63) is 78.4 Å². The molecule has 1 fully saturated rings. The Morgan fingerprint density at radius 2 is 1.84 bits per heavy atom. The minimum absolute atomic E-state index is 0.340. The molecule has 1 amide bonds. The monoisotopic (exact) mass is 606 g/mol. The van der Waals surface area contributed by atoms with Crippen LogP contribution in [0.2, 0.25) is 0 Å². The number of ether oxygens (including phenoxy) is 1. The van der Waals surface area contributed by atoms with E-state index in [1.807, 2.05) is 42.1 Å². The second kappa shape index (κ2) is 14.2. The highest BCUT2D eigenvalue weighted by atomic mass is 16.5. The minimum atomic E-state index is -0.484. The van der Waals surface area contributed by atoms with Gasteiger partial charge in [-0.05, 0) is 36.6 Å². The van der Waals surface area contributed by atoms with Crippen LogP contribution in [-0.2, 0) is 17.7 Å². The molecule has 3 aromatic heterocycles. The fourth-order valence-corrected chi connectivity index (χ4v) is 5.86. The Balaban J connectivity index is 1.06. The van der Waals surface area contributed by atoms with Gasteiger partial charge in [-0.25, -0.2) is 14.3 Å². The van der Waals surface area contributed by atoms with Crippen molar-refractivity contribution < 1.29 is 9.53 Å². The number of carbonyl (C=O) groups is 1. The van der Waals surface area contributed by atoms with E-state index in [0.717, 1.165) is 73.4 Å². The second-order valence-electron chi connectivity index (χ2n) is 11.2. The zero-order chi connectivity index (χ0) is 31.0. The summed E-state index contributed by atoms with van der Waals surface area (Å²) in [7, 11) is 0. The number of nitriles is 1. The quantitative estimate of drug-likeness (QED) is 0.191. The van der Waals surface area contributed by atoms with E-state index in [1.54, 1.807) is 10.7 Å². The van der Waals surface area contributed by atoms with Crippen LogP contribution in [0.1, 0.15) is 30.9 Å².